The summed E-state index contributed by atoms with van der Waals surface area (Å²) in [7, 11) is 0. The van der Waals surface area contributed by atoms with Gasteiger partial charge in [-0.2, -0.15) is 0 Å². The Morgan fingerprint density at radius 3 is 1.63 bits per heavy atom. The third-order valence-electron chi connectivity index (χ3n) is 4.02. The zero-order valence-corrected chi connectivity index (χ0v) is 11.2. The van der Waals surface area contributed by atoms with E-state index in [9.17, 15) is 9.59 Å². The molecule has 2 spiro atoms. The molecule has 3 rings (SSSR count). The van der Waals surface area contributed by atoms with Crippen molar-refractivity contribution in [2.24, 2.45) is 0 Å². The highest BCUT2D eigenvalue weighted by molar-refractivity contribution is 5.72. The van der Waals surface area contributed by atoms with Gasteiger partial charge in [0.1, 0.15) is 11.2 Å². The molecule has 0 aliphatic carbocycles. The average Bonchev–Trinajstić information content (AvgIpc) is 2.95. The fourth-order valence-electron chi connectivity index (χ4n) is 2.88. The second-order valence-electron chi connectivity index (χ2n) is 5.20. The van der Waals surface area contributed by atoms with Gasteiger partial charge < -0.3 is 24.0 Å². The van der Waals surface area contributed by atoms with Crippen molar-refractivity contribution in [1.82, 2.24) is 9.80 Å². The molecule has 3 heterocycles. The molecule has 7 nitrogen and oxygen atoms in total. The lowest BCUT2D eigenvalue weighted by molar-refractivity contribution is 0.0335. The first-order valence-corrected chi connectivity index (χ1v) is 6.59. The summed E-state index contributed by atoms with van der Waals surface area (Å²) in [5.74, 6) is 0. The maximum Gasteiger partial charge on any atom is 0.409 e. The Bertz CT molecular complexity index is 374. The van der Waals surface area contributed by atoms with Gasteiger partial charge in [-0.15, -0.1) is 0 Å². The van der Waals surface area contributed by atoms with Crippen LogP contribution in [-0.2, 0) is 14.2 Å². The van der Waals surface area contributed by atoms with Gasteiger partial charge >= 0.3 is 12.2 Å². The number of rotatable bonds is 2. The molecule has 0 bridgehead atoms. The minimum absolute atomic E-state index is 0.247. The second-order valence-corrected chi connectivity index (χ2v) is 5.20. The Morgan fingerprint density at radius 2 is 1.32 bits per heavy atom. The Morgan fingerprint density at radius 1 is 0.947 bits per heavy atom. The van der Waals surface area contributed by atoms with E-state index in [0.29, 0.717) is 39.4 Å². The molecule has 19 heavy (non-hydrogen) atoms. The molecule has 0 atom stereocenters. The van der Waals surface area contributed by atoms with Crippen molar-refractivity contribution >= 4 is 12.2 Å². The van der Waals surface area contributed by atoms with E-state index in [1.165, 1.54) is 0 Å². The van der Waals surface area contributed by atoms with Crippen LogP contribution in [0.25, 0.3) is 0 Å². The fraction of sp³-hybridized carbons (Fsp3) is 0.833. The summed E-state index contributed by atoms with van der Waals surface area (Å²) in [6.45, 7) is 6.56. The Hall–Kier alpha value is -1.50. The van der Waals surface area contributed by atoms with Crippen molar-refractivity contribution in [2.45, 2.75) is 25.0 Å². The number of hydrogen-bond donors (Lipinski definition) is 0. The van der Waals surface area contributed by atoms with Crippen molar-refractivity contribution in [3.8, 4) is 0 Å². The summed E-state index contributed by atoms with van der Waals surface area (Å²) in [6, 6.07) is 0. The molecule has 106 valence electrons. The number of ether oxygens (including phenoxy) is 3. The molecule has 0 unspecified atom stereocenters. The number of nitrogens with zero attached hydrogens (tertiary/aromatic N) is 2. The molecule has 0 aromatic heterocycles. The topological polar surface area (TPSA) is 71.6 Å². The molecule has 0 radical (unpaired) electrons. The zero-order chi connectivity index (χ0) is 13.7. The van der Waals surface area contributed by atoms with Crippen LogP contribution in [0.3, 0.4) is 0 Å². The van der Waals surface area contributed by atoms with Crippen LogP contribution in [-0.4, -0.2) is 72.6 Å². The Kier molecular flexibility index (Phi) is 2.63. The predicted octanol–water partition coefficient (Wildman–Crippen LogP) is 0.438. The van der Waals surface area contributed by atoms with E-state index in [1.807, 2.05) is 0 Å². The van der Waals surface area contributed by atoms with Crippen molar-refractivity contribution in [3.05, 3.63) is 0 Å². The lowest BCUT2D eigenvalue weighted by Gasteiger charge is -2.44. The number of likely N-dealkylation sites (tertiary alicyclic amines) is 2. The lowest BCUT2D eigenvalue weighted by atomic mass is 9.81. The summed E-state index contributed by atoms with van der Waals surface area (Å²) < 4.78 is 15.6. The van der Waals surface area contributed by atoms with Gasteiger partial charge in [-0.1, -0.05) is 0 Å². The fourth-order valence-corrected chi connectivity index (χ4v) is 2.88. The summed E-state index contributed by atoms with van der Waals surface area (Å²) in [6.07, 6.45) is -0.583. The molecule has 0 aromatic carbocycles. The summed E-state index contributed by atoms with van der Waals surface area (Å²) in [5, 5.41) is 0. The van der Waals surface area contributed by atoms with Gasteiger partial charge in [0.25, 0.3) is 0 Å². The van der Waals surface area contributed by atoms with Gasteiger partial charge in [-0.05, 0) is 13.8 Å². The highest BCUT2D eigenvalue weighted by atomic mass is 16.7. The molecule has 3 saturated heterocycles. The van der Waals surface area contributed by atoms with E-state index in [4.69, 9.17) is 14.2 Å². The largest absolute Gasteiger partial charge is 0.450 e. The van der Waals surface area contributed by atoms with E-state index < -0.39 is 0 Å². The number of carbonyl (C=O) groups is 2. The predicted molar refractivity (Wildman–Crippen MR) is 63.7 cm³/mol. The summed E-state index contributed by atoms with van der Waals surface area (Å²) in [4.78, 5) is 26.2. The highest BCUT2D eigenvalue weighted by Crippen LogP contribution is 2.58. The highest BCUT2D eigenvalue weighted by Gasteiger charge is 2.80. The number of fused-ring (bicyclic) bond motifs is 1. The van der Waals surface area contributed by atoms with Crippen molar-refractivity contribution in [1.29, 1.82) is 0 Å². The van der Waals surface area contributed by atoms with Crippen LogP contribution in [0.15, 0.2) is 0 Å². The molecular formula is C12H18N2O5. The third-order valence-corrected chi connectivity index (χ3v) is 4.02. The van der Waals surface area contributed by atoms with Crippen LogP contribution < -0.4 is 0 Å². The molecule has 3 aliphatic rings. The van der Waals surface area contributed by atoms with Crippen LogP contribution in [0.1, 0.15) is 13.8 Å². The maximum absolute atomic E-state index is 11.5. The van der Waals surface area contributed by atoms with Crippen LogP contribution in [0.4, 0.5) is 9.59 Å². The van der Waals surface area contributed by atoms with E-state index in [1.54, 1.807) is 23.6 Å². The van der Waals surface area contributed by atoms with Gasteiger partial charge in [0.05, 0.1) is 39.4 Å². The Balaban J connectivity index is 1.47. The molecule has 3 fully saturated rings. The van der Waals surface area contributed by atoms with Gasteiger partial charge in [-0.25, -0.2) is 9.59 Å². The zero-order valence-electron chi connectivity index (χ0n) is 11.2. The lowest BCUT2D eigenvalue weighted by Crippen LogP contribution is -2.68. The Labute approximate surface area is 111 Å². The molecule has 0 aromatic rings. The molecule has 7 heteroatoms. The van der Waals surface area contributed by atoms with Gasteiger partial charge in [0, 0.05) is 0 Å². The van der Waals surface area contributed by atoms with Crippen LogP contribution in [0, 0.1) is 0 Å². The number of hydrogen-bond acceptors (Lipinski definition) is 5. The maximum atomic E-state index is 11.5. The first-order chi connectivity index (χ1) is 9.06. The summed E-state index contributed by atoms with van der Waals surface area (Å²) in [5.41, 5.74) is -0.495. The quantitative estimate of drug-likeness (QED) is 0.681. The smallest absolute Gasteiger partial charge is 0.409 e. The minimum Gasteiger partial charge on any atom is -0.450 e. The number of carbonyl (C=O) groups excluding carboxylic acids is 2. The van der Waals surface area contributed by atoms with Gasteiger partial charge in [0.2, 0.25) is 0 Å². The standard InChI is InChI=1S/C12H18N2O5/c1-3-17-9(15)13-5-11(6-13)12(19-11)7-14(8-12)10(16)18-4-2/h3-8H2,1-2H3. The van der Waals surface area contributed by atoms with Crippen LogP contribution in [0.5, 0.6) is 0 Å². The van der Waals surface area contributed by atoms with Crippen molar-refractivity contribution in [2.75, 3.05) is 39.4 Å². The van der Waals surface area contributed by atoms with E-state index >= 15 is 0 Å². The van der Waals surface area contributed by atoms with E-state index in [-0.39, 0.29) is 23.4 Å². The normalized spacial score (nSPS) is 24.7. The van der Waals surface area contributed by atoms with Crippen LogP contribution >= 0.6 is 0 Å². The van der Waals surface area contributed by atoms with E-state index in [2.05, 4.69) is 0 Å². The van der Waals surface area contributed by atoms with E-state index in [0.717, 1.165) is 0 Å². The van der Waals surface area contributed by atoms with Crippen molar-refractivity contribution < 1.29 is 23.8 Å². The first kappa shape index (κ1) is 12.5. The number of epoxide rings is 1. The average molecular weight is 270 g/mol. The molecule has 0 N–H and O–H groups in total. The molecular weight excluding hydrogens is 252 g/mol. The van der Waals surface area contributed by atoms with Gasteiger partial charge in [-0.3, -0.25) is 0 Å². The monoisotopic (exact) mass is 270 g/mol. The second kappa shape index (κ2) is 4.00. The summed E-state index contributed by atoms with van der Waals surface area (Å²) >= 11 is 0. The van der Waals surface area contributed by atoms with Gasteiger partial charge in [0.15, 0.2) is 0 Å². The third kappa shape index (κ3) is 1.68. The minimum atomic E-state index is -0.291. The SMILES string of the molecule is CCOC(=O)N1CC2(C1)OC21CN(C(=O)OCC)C1. The van der Waals surface area contributed by atoms with Crippen LogP contribution in [0.2, 0.25) is 0 Å². The van der Waals surface area contributed by atoms with Crippen molar-refractivity contribution in [3.63, 3.8) is 0 Å². The first-order valence-electron chi connectivity index (χ1n) is 6.59. The molecule has 3 aliphatic heterocycles. The molecule has 2 amide bonds. The molecule has 0 saturated carbocycles. The number of amides is 2.